The van der Waals surface area contributed by atoms with E-state index in [1.807, 2.05) is 18.7 Å². The van der Waals surface area contributed by atoms with Crippen LogP contribution >= 0.6 is 0 Å². The molecule has 3 amide bonds. The first-order valence-electron chi connectivity index (χ1n) is 7.05. The van der Waals surface area contributed by atoms with Crippen LogP contribution < -0.4 is 0 Å². The largest absolute Gasteiger partial charge is 0.385 e. The van der Waals surface area contributed by atoms with Crippen molar-refractivity contribution in [2.45, 2.75) is 32.2 Å². The van der Waals surface area contributed by atoms with Gasteiger partial charge in [-0.15, -0.1) is 0 Å². The second kappa shape index (κ2) is 6.92. The van der Waals surface area contributed by atoms with Crippen molar-refractivity contribution in [1.82, 2.24) is 14.7 Å². The molecule has 1 fully saturated rings. The van der Waals surface area contributed by atoms with E-state index in [1.165, 1.54) is 0 Å². The molecule has 0 radical (unpaired) electrons. The third kappa shape index (κ3) is 4.10. The summed E-state index contributed by atoms with van der Waals surface area (Å²) < 4.78 is 4.98. The maximum Gasteiger partial charge on any atom is 0.319 e. The van der Waals surface area contributed by atoms with Gasteiger partial charge in [0.25, 0.3) is 0 Å². The van der Waals surface area contributed by atoms with Crippen molar-refractivity contribution in [2.24, 2.45) is 0 Å². The first-order chi connectivity index (χ1) is 9.29. The van der Waals surface area contributed by atoms with E-state index in [1.54, 1.807) is 31.0 Å². The fourth-order valence-corrected chi connectivity index (χ4v) is 2.57. The number of carbonyl (C=O) groups excluding carboxylic acids is 2. The summed E-state index contributed by atoms with van der Waals surface area (Å²) in [6.07, 6.45) is 1.24. The number of ether oxygens (including phenoxy) is 1. The third-order valence-corrected chi connectivity index (χ3v) is 3.60. The number of urea groups is 1. The molecule has 116 valence electrons. The molecular formula is C14H27N3O3. The molecule has 0 aromatic carbocycles. The standard InChI is InChI=1S/C14H27N3O3/c1-14(2)11-16(13(19)15(3)4)8-9-17(14)12(18)7-6-10-20-5/h6-11H2,1-5H3. The molecule has 0 spiro atoms. The summed E-state index contributed by atoms with van der Waals surface area (Å²) in [5.41, 5.74) is -0.325. The molecule has 0 bridgehead atoms. The lowest BCUT2D eigenvalue weighted by atomic mass is 9.98. The van der Waals surface area contributed by atoms with Crippen LogP contribution in [0, 0.1) is 0 Å². The van der Waals surface area contributed by atoms with Gasteiger partial charge in [-0.1, -0.05) is 0 Å². The highest BCUT2D eigenvalue weighted by atomic mass is 16.5. The number of methoxy groups -OCH3 is 1. The van der Waals surface area contributed by atoms with E-state index >= 15 is 0 Å². The van der Waals surface area contributed by atoms with Crippen LogP contribution in [0.2, 0.25) is 0 Å². The number of rotatable bonds is 4. The van der Waals surface area contributed by atoms with Gasteiger partial charge in [0.05, 0.1) is 5.54 Å². The Bertz CT molecular complexity index is 356. The molecule has 20 heavy (non-hydrogen) atoms. The lowest BCUT2D eigenvalue weighted by molar-refractivity contribution is -0.140. The predicted octanol–water partition coefficient (Wildman–Crippen LogP) is 1.02. The van der Waals surface area contributed by atoms with Crippen LogP contribution in [0.3, 0.4) is 0 Å². The van der Waals surface area contributed by atoms with Crippen LogP contribution in [0.4, 0.5) is 4.79 Å². The summed E-state index contributed by atoms with van der Waals surface area (Å²) in [6, 6.07) is 0.00422. The molecule has 6 heteroatoms. The average Bonchev–Trinajstić information content (AvgIpc) is 2.36. The Morgan fingerprint density at radius 3 is 2.40 bits per heavy atom. The van der Waals surface area contributed by atoms with Gasteiger partial charge in [-0.25, -0.2) is 4.79 Å². The Balaban J connectivity index is 2.61. The Hall–Kier alpha value is -1.30. The van der Waals surface area contributed by atoms with Crippen LogP contribution in [0.1, 0.15) is 26.7 Å². The van der Waals surface area contributed by atoms with E-state index in [-0.39, 0.29) is 17.5 Å². The molecule has 0 aromatic heterocycles. The summed E-state index contributed by atoms with van der Waals surface area (Å²) in [4.78, 5) is 29.5. The average molecular weight is 285 g/mol. The van der Waals surface area contributed by atoms with Crippen molar-refractivity contribution in [1.29, 1.82) is 0 Å². The van der Waals surface area contributed by atoms with Gasteiger partial charge in [-0.2, -0.15) is 0 Å². The van der Waals surface area contributed by atoms with E-state index in [0.717, 1.165) is 6.42 Å². The zero-order chi connectivity index (χ0) is 15.3. The molecule has 1 aliphatic rings. The normalized spacial score (nSPS) is 18.1. The van der Waals surface area contributed by atoms with Crippen LogP contribution in [-0.2, 0) is 9.53 Å². The number of amides is 3. The van der Waals surface area contributed by atoms with Gasteiger partial charge in [-0.05, 0) is 20.3 Å². The molecular weight excluding hydrogens is 258 g/mol. The SMILES string of the molecule is COCCCC(=O)N1CCN(C(=O)N(C)C)CC1(C)C. The minimum atomic E-state index is -0.325. The quantitative estimate of drug-likeness (QED) is 0.725. The van der Waals surface area contributed by atoms with Crippen molar-refractivity contribution in [3.63, 3.8) is 0 Å². The monoisotopic (exact) mass is 285 g/mol. The smallest absolute Gasteiger partial charge is 0.319 e. The molecule has 1 aliphatic heterocycles. The first-order valence-corrected chi connectivity index (χ1v) is 7.05. The van der Waals surface area contributed by atoms with Crippen LogP contribution in [-0.4, -0.2) is 79.6 Å². The molecule has 6 nitrogen and oxygen atoms in total. The van der Waals surface area contributed by atoms with Crippen LogP contribution in [0.5, 0.6) is 0 Å². The molecule has 0 saturated carbocycles. The lowest BCUT2D eigenvalue weighted by Gasteiger charge is -2.47. The highest BCUT2D eigenvalue weighted by molar-refractivity contribution is 5.78. The van der Waals surface area contributed by atoms with Crippen molar-refractivity contribution in [3.05, 3.63) is 0 Å². The fraction of sp³-hybridized carbons (Fsp3) is 0.857. The second-order valence-corrected chi connectivity index (χ2v) is 6.05. The highest BCUT2D eigenvalue weighted by Gasteiger charge is 2.38. The lowest BCUT2D eigenvalue weighted by Crippen LogP contribution is -2.63. The molecule has 0 aliphatic carbocycles. The second-order valence-electron chi connectivity index (χ2n) is 6.05. The third-order valence-electron chi connectivity index (χ3n) is 3.60. The number of nitrogens with zero attached hydrogens (tertiary/aromatic N) is 3. The maximum absolute atomic E-state index is 12.3. The minimum absolute atomic E-state index is 0.00422. The number of piperazine rings is 1. The van der Waals surface area contributed by atoms with Gasteiger partial charge in [0.15, 0.2) is 0 Å². The Morgan fingerprint density at radius 2 is 1.90 bits per heavy atom. The van der Waals surface area contributed by atoms with Gasteiger partial charge in [0.2, 0.25) is 5.91 Å². The molecule has 0 unspecified atom stereocenters. The highest BCUT2D eigenvalue weighted by Crippen LogP contribution is 2.22. The Kier molecular flexibility index (Phi) is 5.80. The summed E-state index contributed by atoms with van der Waals surface area (Å²) in [5.74, 6) is 0.143. The summed E-state index contributed by atoms with van der Waals surface area (Å²) >= 11 is 0. The van der Waals surface area contributed by atoms with Gasteiger partial charge in [-0.3, -0.25) is 4.79 Å². The summed E-state index contributed by atoms with van der Waals surface area (Å²) in [5, 5.41) is 0. The van der Waals surface area contributed by atoms with E-state index in [2.05, 4.69) is 0 Å². The van der Waals surface area contributed by atoms with Crippen LogP contribution in [0.15, 0.2) is 0 Å². The number of carbonyl (C=O) groups is 2. The summed E-state index contributed by atoms with van der Waals surface area (Å²) in [6.45, 7) is 6.38. The van der Waals surface area contributed by atoms with Crippen molar-refractivity contribution < 1.29 is 14.3 Å². The fourth-order valence-electron chi connectivity index (χ4n) is 2.57. The van der Waals surface area contributed by atoms with E-state index in [0.29, 0.717) is 32.7 Å². The molecule has 1 rings (SSSR count). The maximum atomic E-state index is 12.3. The Labute approximate surface area is 121 Å². The molecule has 1 heterocycles. The zero-order valence-electron chi connectivity index (χ0n) is 13.3. The number of hydrogen-bond acceptors (Lipinski definition) is 3. The van der Waals surface area contributed by atoms with Gasteiger partial charge in [0.1, 0.15) is 0 Å². The van der Waals surface area contributed by atoms with Gasteiger partial charge in [0, 0.05) is 53.9 Å². The number of hydrogen-bond donors (Lipinski definition) is 0. The molecule has 0 atom stereocenters. The van der Waals surface area contributed by atoms with Gasteiger partial charge < -0.3 is 19.4 Å². The molecule has 0 aromatic rings. The summed E-state index contributed by atoms with van der Waals surface area (Å²) in [7, 11) is 5.13. The topological polar surface area (TPSA) is 53.1 Å². The van der Waals surface area contributed by atoms with E-state index in [4.69, 9.17) is 4.74 Å². The molecule has 1 saturated heterocycles. The van der Waals surface area contributed by atoms with E-state index in [9.17, 15) is 9.59 Å². The predicted molar refractivity (Wildman–Crippen MR) is 77.6 cm³/mol. The molecule has 0 N–H and O–H groups in total. The van der Waals surface area contributed by atoms with Crippen molar-refractivity contribution in [2.75, 3.05) is 47.4 Å². The van der Waals surface area contributed by atoms with E-state index < -0.39 is 0 Å². The van der Waals surface area contributed by atoms with Crippen LogP contribution in [0.25, 0.3) is 0 Å². The van der Waals surface area contributed by atoms with Crippen molar-refractivity contribution >= 4 is 11.9 Å². The van der Waals surface area contributed by atoms with Crippen molar-refractivity contribution in [3.8, 4) is 0 Å². The van der Waals surface area contributed by atoms with Gasteiger partial charge >= 0.3 is 6.03 Å². The zero-order valence-corrected chi connectivity index (χ0v) is 13.3. The first kappa shape index (κ1) is 16.8. The Morgan fingerprint density at radius 1 is 1.25 bits per heavy atom. The minimum Gasteiger partial charge on any atom is -0.385 e.